The molecule has 0 saturated carbocycles. The number of nitrogens with zero attached hydrogens (tertiary/aromatic N) is 2. The molecule has 3 aromatic carbocycles. The van der Waals surface area contributed by atoms with E-state index in [-0.39, 0.29) is 37.5 Å². The SMILES string of the molecule is O=C(c1cccc(F)c1)N(Cc1ccccc1Cl)CC1CC(c2ccc3c(c2)OCO3)=NO1. The van der Waals surface area contributed by atoms with E-state index in [0.717, 1.165) is 16.8 Å². The number of carbonyl (C=O) groups excluding carboxylic acids is 1. The van der Waals surface area contributed by atoms with Crippen LogP contribution in [0, 0.1) is 5.82 Å². The van der Waals surface area contributed by atoms with Crippen LogP contribution in [0.5, 0.6) is 11.5 Å². The van der Waals surface area contributed by atoms with Gasteiger partial charge in [0.1, 0.15) is 5.82 Å². The van der Waals surface area contributed by atoms with Crippen molar-refractivity contribution in [3.05, 3.63) is 94.3 Å². The molecule has 0 radical (unpaired) electrons. The van der Waals surface area contributed by atoms with E-state index in [1.165, 1.54) is 18.2 Å². The van der Waals surface area contributed by atoms with E-state index in [0.29, 0.717) is 22.9 Å². The molecule has 6 nitrogen and oxygen atoms in total. The molecule has 0 saturated heterocycles. The lowest BCUT2D eigenvalue weighted by atomic mass is 10.0. The molecule has 1 atom stereocenters. The highest BCUT2D eigenvalue weighted by atomic mass is 35.5. The average molecular weight is 467 g/mol. The van der Waals surface area contributed by atoms with E-state index in [1.807, 2.05) is 36.4 Å². The Labute approximate surface area is 195 Å². The van der Waals surface area contributed by atoms with Crippen molar-refractivity contribution in [1.29, 1.82) is 0 Å². The Morgan fingerprint density at radius 1 is 1.06 bits per heavy atom. The molecule has 5 rings (SSSR count). The number of ether oxygens (including phenoxy) is 2. The van der Waals surface area contributed by atoms with Gasteiger partial charge in [0, 0.05) is 29.1 Å². The lowest BCUT2D eigenvalue weighted by molar-refractivity contribution is 0.0405. The Kier molecular flexibility index (Phi) is 5.88. The van der Waals surface area contributed by atoms with Crippen LogP contribution in [0.2, 0.25) is 5.02 Å². The number of amides is 1. The number of fused-ring (bicyclic) bond motifs is 1. The first-order valence-electron chi connectivity index (χ1n) is 10.5. The van der Waals surface area contributed by atoms with Gasteiger partial charge in [-0.15, -0.1) is 0 Å². The van der Waals surface area contributed by atoms with Crippen molar-refractivity contribution in [3.8, 4) is 11.5 Å². The Bertz CT molecular complexity index is 1230. The van der Waals surface area contributed by atoms with Gasteiger partial charge in [-0.1, -0.05) is 41.0 Å². The van der Waals surface area contributed by atoms with Crippen LogP contribution >= 0.6 is 11.6 Å². The number of halogens is 2. The summed E-state index contributed by atoms with van der Waals surface area (Å²) in [4.78, 5) is 20.5. The highest BCUT2D eigenvalue weighted by Crippen LogP contribution is 2.34. The molecule has 0 fully saturated rings. The van der Waals surface area contributed by atoms with Gasteiger partial charge in [0.25, 0.3) is 5.91 Å². The molecule has 0 aromatic heterocycles. The summed E-state index contributed by atoms with van der Waals surface area (Å²) in [6.07, 6.45) is 0.153. The number of hydrogen-bond acceptors (Lipinski definition) is 5. The van der Waals surface area contributed by atoms with Gasteiger partial charge in [-0.2, -0.15) is 0 Å². The van der Waals surface area contributed by atoms with Crippen molar-refractivity contribution in [2.24, 2.45) is 5.16 Å². The molecule has 0 bridgehead atoms. The minimum Gasteiger partial charge on any atom is -0.454 e. The van der Waals surface area contributed by atoms with Gasteiger partial charge in [0.15, 0.2) is 17.6 Å². The largest absolute Gasteiger partial charge is 0.454 e. The molecule has 0 spiro atoms. The van der Waals surface area contributed by atoms with Crippen molar-refractivity contribution in [3.63, 3.8) is 0 Å². The van der Waals surface area contributed by atoms with Crippen LogP contribution in [0.3, 0.4) is 0 Å². The van der Waals surface area contributed by atoms with Crippen molar-refractivity contribution < 1.29 is 23.5 Å². The molecule has 168 valence electrons. The maximum absolute atomic E-state index is 13.8. The van der Waals surface area contributed by atoms with E-state index in [9.17, 15) is 9.18 Å². The molecule has 1 amide bonds. The average Bonchev–Trinajstić information content (AvgIpc) is 3.48. The fourth-order valence-electron chi connectivity index (χ4n) is 3.87. The summed E-state index contributed by atoms with van der Waals surface area (Å²) in [5, 5.41) is 4.79. The van der Waals surface area contributed by atoms with Crippen LogP contribution in [-0.2, 0) is 11.4 Å². The van der Waals surface area contributed by atoms with E-state index >= 15 is 0 Å². The summed E-state index contributed by atoms with van der Waals surface area (Å²) in [6, 6.07) is 18.6. The van der Waals surface area contributed by atoms with Crippen LogP contribution < -0.4 is 9.47 Å². The molecule has 3 aromatic rings. The third-order valence-corrected chi connectivity index (χ3v) is 5.91. The topological polar surface area (TPSA) is 60.4 Å². The van der Waals surface area contributed by atoms with E-state index < -0.39 is 5.82 Å². The zero-order chi connectivity index (χ0) is 22.8. The maximum Gasteiger partial charge on any atom is 0.254 e. The predicted octanol–water partition coefficient (Wildman–Crippen LogP) is 5.04. The smallest absolute Gasteiger partial charge is 0.254 e. The Morgan fingerprint density at radius 3 is 2.76 bits per heavy atom. The van der Waals surface area contributed by atoms with E-state index in [4.69, 9.17) is 25.9 Å². The van der Waals surface area contributed by atoms with Gasteiger partial charge < -0.3 is 19.2 Å². The molecule has 2 heterocycles. The van der Waals surface area contributed by atoms with Gasteiger partial charge in [0.05, 0.1) is 12.3 Å². The second-order valence-corrected chi connectivity index (χ2v) is 8.23. The van der Waals surface area contributed by atoms with Gasteiger partial charge in [0.2, 0.25) is 6.79 Å². The molecule has 1 unspecified atom stereocenters. The number of rotatable bonds is 6. The molecule has 0 N–H and O–H groups in total. The van der Waals surface area contributed by atoms with Crippen molar-refractivity contribution >= 4 is 23.2 Å². The predicted molar refractivity (Wildman–Crippen MR) is 121 cm³/mol. The van der Waals surface area contributed by atoms with Crippen LogP contribution in [-0.4, -0.2) is 36.0 Å². The molecular weight excluding hydrogens is 447 g/mol. The zero-order valence-electron chi connectivity index (χ0n) is 17.5. The molecule has 8 heteroatoms. The van der Waals surface area contributed by atoms with Gasteiger partial charge in [-0.25, -0.2) is 4.39 Å². The monoisotopic (exact) mass is 466 g/mol. The van der Waals surface area contributed by atoms with Gasteiger partial charge in [-0.3, -0.25) is 4.79 Å². The van der Waals surface area contributed by atoms with Crippen LogP contribution in [0.1, 0.15) is 27.9 Å². The summed E-state index contributed by atoms with van der Waals surface area (Å²) in [5.74, 6) is 0.584. The number of hydrogen-bond donors (Lipinski definition) is 0. The highest BCUT2D eigenvalue weighted by molar-refractivity contribution is 6.31. The third-order valence-electron chi connectivity index (χ3n) is 5.54. The summed E-state index contributed by atoms with van der Waals surface area (Å²) < 4.78 is 24.6. The first-order chi connectivity index (χ1) is 16.1. The van der Waals surface area contributed by atoms with Crippen molar-refractivity contribution in [1.82, 2.24) is 4.90 Å². The van der Waals surface area contributed by atoms with Gasteiger partial charge in [-0.05, 0) is 48.0 Å². The standard InChI is InChI=1S/C25H20ClFN2O4/c26-21-7-2-1-4-18(21)13-29(25(30)17-5-3-6-19(27)10-17)14-20-12-22(28-33-20)16-8-9-23-24(11-16)32-15-31-23/h1-11,20H,12-15H2. The normalized spacial score (nSPS) is 16.3. The van der Waals surface area contributed by atoms with Crippen molar-refractivity contribution in [2.45, 2.75) is 19.1 Å². The summed E-state index contributed by atoms with van der Waals surface area (Å²) in [5.41, 5.74) is 2.68. The number of carbonyl (C=O) groups is 1. The molecule has 33 heavy (non-hydrogen) atoms. The minimum atomic E-state index is -0.468. The zero-order valence-corrected chi connectivity index (χ0v) is 18.3. The van der Waals surface area contributed by atoms with Crippen LogP contribution in [0.15, 0.2) is 71.9 Å². The second-order valence-electron chi connectivity index (χ2n) is 7.82. The quantitative estimate of drug-likeness (QED) is 0.510. The summed E-state index contributed by atoms with van der Waals surface area (Å²) in [6.45, 7) is 0.718. The highest BCUT2D eigenvalue weighted by Gasteiger charge is 2.29. The number of oxime groups is 1. The van der Waals surface area contributed by atoms with Gasteiger partial charge >= 0.3 is 0 Å². The summed E-state index contributed by atoms with van der Waals surface area (Å²) >= 11 is 6.34. The molecular formula is C25H20ClFN2O4. The molecule has 2 aliphatic rings. The van der Waals surface area contributed by atoms with E-state index in [1.54, 1.807) is 17.0 Å². The number of benzene rings is 3. The lowest BCUT2D eigenvalue weighted by Gasteiger charge is -2.25. The fraction of sp³-hybridized carbons (Fsp3) is 0.200. The summed E-state index contributed by atoms with van der Waals surface area (Å²) in [7, 11) is 0. The minimum absolute atomic E-state index is 0.198. The maximum atomic E-state index is 13.8. The Morgan fingerprint density at radius 2 is 1.91 bits per heavy atom. The second kappa shape index (κ2) is 9.11. The fourth-order valence-corrected chi connectivity index (χ4v) is 4.07. The first-order valence-corrected chi connectivity index (χ1v) is 10.9. The van der Waals surface area contributed by atoms with Crippen LogP contribution in [0.25, 0.3) is 0 Å². The third kappa shape index (κ3) is 4.64. The van der Waals surface area contributed by atoms with E-state index in [2.05, 4.69) is 5.16 Å². The first kappa shape index (κ1) is 21.3. The van der Waals surface area contributed by atoms with Crippen LogP contribution in [0.4, 0.5) is 4.39 Å². The molecule has 0 aliphatic carbocycles. The Hall–Kier alpha value is -3.58. The van der Waals surface area contributed by atoms with Crippen molar-refractivity contribution in [2.75, 3.05) is 13.3 Å². The molecule has 2 aliphatic heterocycles. The lowest BCUT2D eigenvalue weighted by Crippen LogP contribution is -2.37. The Balaban J connectivity index is 1.34.